The third-order valence-corrected chi connectivity index (χ3v) is 3.09. The Bertz CT molecular complexity index is 658. The zero-order valence-electron chi connectivity index (χ0n) is 9.86. The first-order valence-corrected chi connectivity index (χ1v) is 6.07. The molecule has 18 heavy (non-hydrogen) atoms. The van der Waals surface area contributed by atoms with Crippen LogP contribution in [0.2, 0.25) is 5.02 Å². The molecule has 5 nitrogen and oxygen atoms in total. The quantitative estimate of drug-likeness (QED) is 0.728. The lowest BCUT2D eigenvalue weighted by molar-refractivity contribution is 0.445. The summed E-state index contributed by atoms with van der Waals surface area (Å²) in [6, 6.07) is 4.03. The van der Waals surface area contributed by atoms with E-state index in [2.05, 4.69) is 26.6 Å². The Kier molecular flexibility index (Phi) is 2.76. The molecule has 0 aliphatic rings. The van der Waals surface area contributed by atoms with Gasteiger partial charge in [0.05, 0.1) is 29.5 Å². The van der Waals surface area contributed by atoms with Crippen LogP contribution in [0.5, 0.6) is 0 Å². The fourth-order valence-corrected chi connectivity index (χ4v) is 2.16. The number of imidazole rings is 1. The zero-order chi connectivity index (χ0) is 12.5. The van der Waals surface area contributed by atoms with Crippen molar-refractivity contribution in [1.82, 2.24) is 24.3 Å². The Labute approximate surface area is 109 Å². The van der Waals surface area contributed by atoms with Crippen LogP contribution in [-0.2, 0) is 6.54 Å². The molecule has 1 unspecified atom stereocenters. The van der Waals surface area contributed by atoms with E-state index in [1.165, 1.54) is 0 Å². The Morgan fingerprint density at radius 2 is 2.28 bits per heavy atom. The molecule has 0 spiro atoms. The van der Waals surface area contributed by atoms with Gasteiger partial charge in [0.15, 0.2) is 5.65 Å². The second-order valence-electron chi connectivity index (χ2n) is 4.23. The maximum atomic E-state index is 5.97. The maximum absolute atomic E-state index is 5.97. The van der Waals surface area contributed by atoms with Gasteiger partial charge in [-0.25, -0.2) is 9.97 Å². The van der Waals surface area contributed by atoms with E-state index in [1.54, 1.807) is 18.7 Å². The van der Waals surface area contributed by atoms with E-state index in [1.807, 2.05) is 23.0 Å². The van der Waals surface area contributed by atoms with Gasteiger partial charge in [0.1, 0.15) is 0 Å². The van der Waals surface area contributed by atoms with Crippen molar-refractivity contribution >= 4 is 22.8 Å². The Balaban J connectivity index is 1.96. The second-order valence-corrected chi connectivity index (χ2v) is 4.66. The average Bonchev–Trinajstić information content (AvgIpc) is 2.97. The number of fused-ring (bicyclic) bond motifs is 1. The van der Waals surface area contributed by atoms with Gasteiger partial charge in [0.25, 0.3) is 0 Å². The molecule has 0 N–H and O–H groups in total. The van der Waals surface area contributed by atoms with Crippen LogP contribution in [0.15, 0.2) is 37.1 Å². The number of hydrogen-bond donors (Lipinski definition) is 0. The van der Waals surface area contributed by atoms with Crippen molar-refractivity contribution in [1.29, 1.82) is 0 Å². The lowest BCUT2D eigenvalue weighted by atomic mass is 10.3. The molecular weight excluding hydrogens is 250 g/mol. The van der Waals surface area contributed by atoms with Crippen LogP contribution >= 0.6 is 11.6 Å². The van der Waals surface area contributed by atoms with Gasteiger partial charge in [-0.2, -0.15) is 5.10 Å². The summed E-state index contributed by atoms with van der Waals surface area (Å²) in [7, 11) is 0. The van der Waals surface area contributed by atoms with Crippen molar-refractivity contribution in [3.05, 3.63) is 42.1 Å². The highest BCUT2D eigenvalue weighted by Gasteiger charge is 2.11. The first-order chi connectivity index (χ1) is 8.74. The van der Waals surface area contributed by atoms with Crippen LogP contribution in [0.3, 0.4) is 0 Å². The molecular formula is C12H12ClN5. The standard InChI is InChI=1S/C12H12ClN5/c1-9(7-17-4-2-3-16-17)18-8-15-12-11(18)5-10(13)6-14-12/h2-6,8-9H,7H2,1H3. The minimum atomic E-state index is 0.232. The summed E-state index contributed by atoms with van der Waals surface area (Å²) >= 11 is 5.97. The normalized spacial score (nSPS) is 13.0. The van der Waals surface area contributed by atoms with E-state index in [0.29, 0.717) is 10.7 Å². The molecule has 92 valence electrons. The molecule has 0 aliphatic carbocycles. The highest BCUT2D eigenvalue weighted by molar-refractivity contribution is 6.31. The van der Waals surface area contributed by atoms with Crippen molar-refractivity contribution in [3.8, 4) is 0 Å². The molecule has 1 atom stereocenters. The first-order valence-electron chi connectivity index (χ1n) is 5.69. The molecule has 0 bridgehead atoms. The van der Waals surface area contributed by atoms with Crippen LogP contribution in [0.4, 0.5) is 0 Å². The SMILES string of the molecule is CC(Cn1cccn1)n1cnc2ncc(Cl)cc21. The molecule has 0 radical (unpaired) electrons. The Hall–Kier alpha value is -1.88. The number of halogens is 1. The summed E-state index contributed by atoms with van der Waals surface area (Å²) in [5.41, 5.74) is 1.66. The number of pyridine rings is 1. The van der Waals surface area contributed by atoms with Gasteiger partial charge in [-0.1, -0.05) is 11.6 Å². The van der Waals surface area contributed by atoms with Crippen LogP contribution in [0.1, 0.15) is 13.0 Å². The highest BCUT2D eigenvalue weighted by atomic mass is 35.5. The van der Waals surface area contributed by atoms with Crippen molar-refractivity contribution in [2.24, 2.45) is 0 Å². The van der Waals surface area contributed by atoms with Gasteiger partial charge in [0, 0.05) is 18.6 Å². The fraction of sp³-hybridized carbons (Fsp3) is 0.250. The predicted molar refractivity (Wildman–Crippen MR) is 69.5 cm³/mol. The number of nitrogens with zero attached hydrogens (tertiary/aromatic N) is 5. The Morgan fingerprint density at radius 3 is 3.06 bits per heavy atom. The highest BCUT2D eigenvalue weighted by Crippen LogP contribution is 2.20. The molecule has 0 aromatic carbocycles. The molecule has 0 fully saturated rings. The molecule has 3 aromatic heterocycles. The first kappa shape index (κ1) is 11.2. The van der Waals surface area contributed by atoms with E-state index < -0.39 is 0 Å². The van der Waals surface area contributed by atoms with Crippen molar-refractivity contribution in [3.63, 3.8) is 0 Å². The summed E-state index contributed by atoms with van der Waals surface area (Å²) in [5.74, 6) is 0. The maximum Gasteiger partial charge on any atom is 0.177 e. The Morgan fingerprint density at radius 1 is 1.39 bits per heavy atom. The summed E-state index contributed by atoms with van der Waals surface area (Å²) in [5, 5.41) is 4.83. The summed E-state index contributed by atoms with van der Waals surface area (Å²) in [4.78, 5) is 8.47. The largest absolute Gasteiger partial charge is 0.324 e. The number of rotatable bonds is 3. The number of hydrogen-bond acceptors (Lipinski definition) is 3. The minimum Gasteiger partial charge on any atom is -0.324 e. The lowest BCUT2D eigenvalue weighted by Crippen LogP contribution is -2.12. The smallest absolute Gasteiger partial charge is 0.177 e. The fourth-order valence-electron chi connectivity index (χ4n) is 2.01. The monoisotopic (exact) mass is 261 g/mol. The van der Waals surface area contributed by atoms with E-state index in [4.69, 9.17) is 11.6 Å². The van der Waals surface area contributed by atoms with Gasteiger partial charge >= 0.3 is 0 Å². The number of aromatic nitrogens is 5. The third-order valence-electron chi connectivity index (χ3n) is 2.88. The molecule has 0 saturated heterocycles. The predicted octanol–water partition coefficient (Wildman–Crippen LogP) is 2.54. The molecule has 0 amide bonds. The van der Waals surface area contributed by atoms with Crippen LogP contribution < -0.4 is 0 Å². The third kappa shape index (κ3) is 1.97. The summed E-state index contributed by atoms with van der Waals surface area (Å²) in [6.07, 6.45) is 7.12. The molecule has 3 aromatic rings. The molecule has 0 saturated carbocycles. The van der Waals surface area contributed by atoms with Crippen LogP contribution in [-0.4, -0.2) is 24.3 Å². The van der Waals surface area contributed by atoms with Gasteiger partial charge in [0.2, 0.25) is 0 Å². The lowest BCUT2D eigenvalue weighted by Gasteiger charge is -2.14. The van der Waals surface area contributed by atoms with Gasteiger partial charge in [-0.15, -0.1) is 0 Å². The second kappa shape index (κ2) is 4.42. The topological polar surface area (TPSA) is 48.5 Å². The zero-order valence-corrected chi connectivity index (χ0v) is 10.6. The van der Waals surface area contributed by atoms with Crippen molar-refractivity contribution in [2.75, 3.05) is 0 Å². The summed E-state index contributed by atoms with van der Waals surface area (Å²) < 4.78 is 3.96. The van der Waals surface area contributed by atoms with Crippen LogP contribution in [0.25, 0.3) is 11.2 Å². The van der Waals surface area contributed by atoms with Gasteiger partial charge in [-0.3, -0.25) is 4.68 Å². The molecule has 3 heterocycles. The van der Waals surface area contributed by atoms with Crippen molar-refractivity contribution in [2.45, 2.75) is 19.5 Å². The van der Waals surface area contributed by atoms with E-state index in [-0.39, 0.29) is 6.04 Å². The minimum absolute atomic E-state index is 0.232. The van der Waals surface area contributed by atoms with Crippen LogP contribution in [0, 0.1) is 0 Å². The van der Waals surface area contributed by atoms with E-state index in [0.717, 1.165) is 12.1 Å². The molecule has 6 heteroatoms. The van der Waals surface area contributed by atoms with Crippen molar-refractivity contribution < 1.29 is 0 Å². The van der Waals surface area contributed by atoms with Gasteiger partial charge < -0.3 is 4.57 Å². The molecule has 3 rings (SSSR count). The summed E-state index contributed by atoms with van der Waals surface area (Å²) in [6.45, 7) is 2.90. The van der Waals surface area contributed by atoms with E-state index >= 15 is 0 Å². The molecule has 0 aliphatic heterocycles. The average molecular weight is 262 g/mol. The van der Waals surface area contributed by atoms with E-state index in [9.17, 15) is 0 Å². The van der Waals surface area contributed by atoms with Gasteiger partial charge in [-0.05, 0) is 19.1 Å².